The van der Waals surface area contributed by atoms with Crippen LogP contribution in [0.15, 0.2) is 0 Å². The van der Waals surface area contributed by atoms with E-state index < -0.39 is 7.23 Å². The molecule has 0 spiro atoms. The molecule has 0 aliphatic carbocycles. The van der Waals surface area contributed by atoms with Crippen molar-refractivity contribution in [2.75, 3.05) is 12.8 Å². The summed E-state index contributed by atoms with van der Waals surface area (Å²) in [4.78, 5) is 0. The number of hydrogen-bond donors (Lipinski definition) is 1. The Morgan fingerprint density at radius 1 is 1.82 bits per heavy atom. The van der Waals surface area contributed by atoms with E-state index in [1.807, 2.05) is 0 Å². The van der Waals surface area contributed by atoms with Gasteiger partial charge in [-0.05, 0) is 29.4 Å². The summed E-state index contributed by atoms with van der Waals surface area (Å²) in [6.07, 6.45) is 1.82. The summed E-state index contributed by atoms with van der Waals surface area (Å²) in [5.74, 6) is 0. The van der Waals surface area contributed by atoms with E-state index in [1.54, 1.807) is 0 Å². The minimum Gasteiger partial charge on any atom is -0.381 e. The molecule has 2 N–H and O–H groups in total. The van der Waals surface area contributed by atoms with Crippen LogP contribution in [0.1, 0.15) is 6.42 Å². The first-order valence-corrected chi connectivity index (χ1v) is 6.77. The average Bonchev–Trinajstić information content (AvgIpc) is 1.86. The van der Waals surface area contributed by atoms with Gasteiger partial charge in [-0.2, -0.15) is 0 Å². The highest BCUT2D eigenvalue weighted by molar-refractivity contribution is 8.61. The molecule has 3 nitrogen and oxygen atoms in total. The number of hydrogen-bond acceptors (Lipinski definition) is 4. The van der Waals surface area contributed by atoms with Gasteiger partial charge in [-0.15, -0.1) is 13.8 Å². The third-order valence-corrected chi connectivity index (χ3v) is 3.81. The van der Waals surface area contributed by atoms with Crippen LogP contribution in [0.4, 0.5) is 0 Å². The first kappa shape index (κ1) is 11.7. The largest absolute Gasteiger partial charge is 0.593 e. The van der Waals surface area contributed by atoms with Crippen LogP contribution in [0.25, 0.3) is 0 Å². The maximum Gasteiger partial charge on any atom is 0.593 e. The first-order chi connectivity index (χ1) is 5.16. The molecule has 0 aliphatic heterocycles. The van der Waals surface area contributed by atoms with E-state index in [4.69, 9.17) is 10.3 Å². The van der Waals surface area contributed by atoms with Gasteiger partial charge in [-0.1, -0.05) is 0 Å². The van der Waals surface area contributed by atoms with Crippen LogP contribution < -0.4 is 5.73 Å². The lowest BCUT2D eigenvalue weighted by atomic mass is 10.5. The summed E-state index contributed by atoms with van der Waals surface area (Å²) < 4.78 is 15.9. The summed E-state index contributed by atoms with van der Waals surface area (Å²) >= 11 is 5.42. The van der Waals surface area contributed by atoms with Gasteiger partial charge in [0, 0.05) is 0 Å². The van der Waals surface area contributed by atoms with Gasteiger partial charge < -0.3 is 5.73 Å². The second kappa shape index (κ2) is 7.38. The topological polar surface area (TPSA) is 52.3 Å². The predicted octanol–water partition coefficient (Wildman–Crippen LogP) is 1.90. The first-order valence-electron chi connectivity index (χ1n) is 2.94. The van der Waals surface area contributed by atoms with Crippen LogP contribution in [0, 0.1) is 0 Å². The Morgan fingerprint density at radius 3 is 2.91 bits per heavy atom. The molecule has 0 rings (SSSR count). The highest BCUT2D eigenvalue weighted by Crippen LogP contribution is 2.38. The molecule has 0 heterocycles. The van der Waals surface area contributed by atoms with Gasteiger partial charge in [-0.25, -0.2) is 0 Å². The van der Waals surface area contributed by atoms with Crippen molar-refractivity contribution in [1.29, 1.82) is 0 Å². The van der Waals surface area contributed by atoms with E-state index >= 15 is 0 Å². The highest BCUT2D eigenvalue weighted by Gasteiger charge is 2.21. The van der Waals surface area contributed by atoms with Crippen LogP contribution in [0.5, 0.6) is 0 Å². The van der Waals surface area contributed by atoms with Gasteiger partial charge in [0.05, 0.1) is 0 Å². The fraction of sp³-hybridized carbons (Fsp3) is 0.750. The van der Waals surface area contributed by atoms with Crippen molar-refractivity contribution in [2.24, 2.45) is 5.73 Å². The monoisotopic (exact) mass is 230 g/mol. The van der Waals surface area contributed by atoms with Crippen LogP contribution in [0.3, 0.4) is 0 Å². The van der Waals surface area contributed by atoms with Gasteiger partial charge in [0.15, 0.2) is 4.32 Å². The fourth-order valence-corrected chi connectivity index (χ4v) is 2.34. The molecule has 0 radical (unpaired) electrons. The normalized spacial score (nSPS) is 11.2. The highest BCUT2D eigenvalue weighted by atomic mass is 32.7. The molecule has 0 aliphatic rings. The van der Waals surface area contributed by atoms with Gasteiger partial charge in [0.2, 0.25) is 11.4 Å². The quantitative estimate of drug-likeness (QED) is 0.444. The molecule has 0 aromatic rings. The van der Waals surface area contributed by atoms with Gasteiger partial charge >= 0.3 is 7.23 Å². The van der Waals surface area contributed by atoms with Crippen LogP contribution in [-0.2, 0) is 9.09 Å². The Morgan fingerprint density at radius 2 is 2.45 bits per heavy atom. The molecule has 0 aromatic carbocycles. The van der Waals surface area contributed by atoms with E-state index in [-0.39, 0.29) is 4.32 Å². The number of nitrogens with two attached hydrogens (primary N) is 1. The summed E-state index contributed by atoms with van der Waals surface area (Å²) in [5, 5.41) is 0. The van der Waals surface area contributed by atoms with Gasteiger partial charge in [0.25, 0.3) is 0 Å². The number of thiocarbonyl (C=S) groups is 1. The molecule has 0 amide bonds. The Hall–Kier alpha value is 0.730. The number of rotatable bonds is 5. The minimum absolute atomic E-state index is 0.164. The van der Waals surface area contributed by atoms with Crippen molar-refractivity contribution in [3.8, 4) is 0 Å². The minimum atomic E-state index is -1.74. The van der Waals surface area contributed by atoms with E-state index in [0.717, 1.165) is 24.0 Å². The van der Waals surface area contributed by atoms with Crippen LogP contribution in [-0.4, -0.2) is 17.1 Å². The zero-order chi connectivity index (χ0) is 8.69. The third-order valence-electron chi connectivity index (χ3n) is 0.710. The van der Waals surface area contributed by atoms with Gasteiger partial charge in [0.1, 0.15) is 6.61 Å². The molecule has 0 saturated heterocycles. The summed E-state index contributed by atoms with van der Waals surface area (Å²) in [7, 11) is 0.823. The van der Waals surface area contributed by atoms with Crippen molar-refractivity contribution >= 4 is 44.4 Å². The predicted molar refractivity (Wildman–Crippen MR) is 57.1 cm³/mol. The zero-order valence-electron chi connectivity index (χ0n) is 5.86. The maximum absolute atomic E-state index is 10.8. The van der Waals surface area contributed by atoms with Crippen molar-refractivity contribution in [3.05, 3.63) is 0 Å². The van der Waals surface area contributed by atoms with Crippen molar-refractivity contribution in [3.63, 3.8) is 0 Å². The molecule has 0 fully saturated rings. The van der Waals surface area contributed by atoms with E-state index in [2.05, 4.69) is 21.5 Å². The molecular formula is C4H10NO2P2S2+. The molecule has 2 atom stereocenters. The molecule has 7 heteroatoms. The summed E-state index contributed by atoms with van der Waals surface area (Å²) in [6, 6.07) is 0. The maximum atomic E-state index is 10.8. The second-order valence-electron chi connectivity index (χ2n) is 1.61. The standard InChI is InChI=1S/C4H9NO2P2S2/c5-4(10)11-9(6)7-2-1-3-8/h1-3,8H2,(H-,5,10)/p+1. The molecule has 0 aromatic heterocycles. The lowest BCUT2D eigenvalue weighted by Crippen LogP contribution is -1.99. The Labute approximate surface area is 78.6 Å². The smallest absolute Gasteiger partial charge is 0.381 e. The summed E-state index contributed by atoms with van der Waals surface area (Å²) in [6.45, 7) is 0.494. The van der Waals surface area contributed by atoms with Gasteiger partial charge in [-0.3, -0.25) is 0 Å². The molecule has 64 valence electrons. The van der Waals surface area contributed by atoms with Crippen LogP contribution in [0.2, 0.25) is 0 Å². The molecule has 2 unspecified atom stereocenters. The van der Waals surface area contributed by atoms with Crippen molar-refractivity contribution in [1.82, 2.24) is 0 Å². The van der Waals surface area contributed by atoms with E-state index in [1.165, 1.54) is 0 Å². The second-order valence-corrected chi connectivity index (χ2v) is 5.65. The third kappa shape index (κ3) is 8.64. The molecule has 0 saturated carbocycles. The zero-order valence-corrected chi connectivity index (χ0v) is 9.54. The lowest BCUT2D eigenvalue weighted by Gasteiger charge is -1.86. The SMILES string of the molecule is NC(=S)S[P+](=O)OCCCP. The Balaban J connectivity index is 3.30. The summed E-state index contributed by atoms with van der Waals surface area (Å²) in [5.41, 5.74) is 5.12. The van der Waals surface area contributed by atoms with Crippen molar-refractivity contribution < 1.29 is 9.09 Å². The molecule has 11 heavy (non-hydrogen) atoms. The molecule has 0 bridgehead atoms. The van der Waals surface area contributed by atoms with Crippen molar-refractivity contribution in [2.45, 2.75) is 6.42 Å². The Bertz CT molecular complexity index is 155. The fourth-order valence-electron chi connectivity index (χ4n) is 0.322. The van der Waals surface area contributed by atoms with E-state index in [0.29, 0.717) is 6.61 Å². The Kier molecular flexibility index (Phi) is 7.87. The van der Waals surface area contributed by atoms with E-state index in [9.17, 15) is 4.57 Å². The van der Waals surface area contributed by atoms with Crippen LogP contribution >= 0.6 is 40.1 Å². The lowest BCUT2D eigenvalue weighted by molar-refractivity contribution is 0.340. The average molecular weight is 230 g/mol. The molecular weight excluding hydrogens is 220 g/mol.